The number of aryl methyl sites for hydroxylation is 1. The van der Waals surface area contributed by atoms with Gasteiger partial charge in [-0.15, -0.1) is 0 Å². The second kappa shape index (κ2) is 7.85. The molecule has 4 rings (SSSR count). The van der Waals surface area contributed by atoms with E-state index in [1.54, 1.807) is 0 Å². The fourth-order valence-corrected chi connectivity index (χ4v) is 5.25. The van der Waals surface area contributed by atoms with E-state index < -0.39 is 0 Å². The van der Waals surface area contributed by atoms with Crippen LogP contribution in [0.2, 0.25) is 0 Å². The zero-order chi connectivity index (χ0) is 19.7. The molecule has 0 radical (unpaired) electrons. The van der Waals surface area contributed by atoms with Crippen molar-refractivity contribution in [2.24, 2.45) is 0 Å². The lowest BCUT2D eigenvalue weighted by Gasteiger charge is -2.46. The van der Waals surface area contributed by atoms with Crippen LogP contribution in [-0.2, 0) is 16.6 Å². The Labute approximate surface area is 168 Å². The van der Waals surface area contributed by atoms with E-state index in [1.165, 1.54) is 30.5 Å². The molecule has 1 aliphatic carbocycles. The van der Waals surface area contributed by atoms with Gasteiger partial charge in [0.1, 0.15) is 0 Å². The predicted molar refractivity (Wildman–Crippen MR) is 109 cm³/mol. The third-order valence-corrected chi connectivity index (χ3v) is 6.74. The van der Waals surface area contributed by atoms with Gasteiger partial charge in [0.25, 0.3) is 0 Å². The topological polar surface area (TPSA) is 61.8 Å². The van der Waals surface area contributed by atoms with Gasteiger partial charge in [0.05, 0.1) is 12.3 Å². The zero-order valence-corrected chi connectivity index (χ0v) is 17.5. The molecule has 154 valence electrons. The molecule has 1 atom stereocenters. The molecular weight excluding hydrogens is 354 g/mol. The molecule has 7 nitrogen and oxygen atoms in total. The van der Waals surface area contributed by atoms with Crippen molar-refractivity contribution in [2.45, 2.75) is 56.9 Å². The summed E-state index contributed by atoms with van der Waals surface area (Å²) in [5.41, 5.74) is 2.81. The maximum absolute atomic E-state index is 12.0. The molecule has 2 saturated heterocycles. The summed E-state index contributed by atoms with van der Waals surface area (Å²) in [4.78, 5) is 28.0. The Hall–Kier alpha value is -1.89. The van der Waals surface area contributed by atoms with Crippen molar-refractivity contribution in [3.05, 3.63) is 17.5 Å². The molecule has 0 aromatic carbocycles. The predicted octanol–water partition coefficient (Wildman–Crippen LogP) is 2.44. The van der Waals surface area contributed by atoms with Crippen LogP contribution in [0.5, 0.6) is 0 Å². The molecule has 0 bridgehead atoms. The highest BCUT2D eigenvalue weighted by molar-refractivity contribution is 5.67. The highest BCUT2D eigenvalue weighted by Crippen LogP contribution is 2.45. The number of nitrogens with zero attached hydrogens (tertiary/aromatic N) is 5. The van der Waals surface area contributed by atoms with E-state index in [-0.39, 0.29) is 11.5 Å². The maximum atomic E-state index is 12.0. The normalized spacial score (nSPS) is 25.8. The van der Waals surface area contributed by atoms with Crippen molar-refractivity contribution in [3.63, 3.8) is 0 Å². The van der Waals surface area contributed by atoms with Crippen LogP contribution < -0.4 is 4.90 Å². The lowest BCUT2D eigenvalue weighted by atomic mass is 9.76. The number of aromatic nitrogens is 2. The lowest BCUT2D eigenvalue weighted by molar-refractivity contribution is 0.0491. The summed E-state index contributed by atoms with van der Waals surface area (Å²) < 4.78 is 5.16. The standard InChI is InChI=1S/C21H33N5O2/c1-4-28-20(27)25-12-7-17(8-13-25)26-11-5-9-21(15-26)10-6-16-14-22-19(24(2)3)23-18(16)21/h14,17H,4-13,15H2,1-3H3. The largest absolute Gasteiger partial charge is 0.450 e. The fraction of sp³-hybridized carbons (Fsp3) is 0.762. The van der Waals surface area contributed by atoms with E-state index in [9.17, 15) is 4.79 Å². The molecule has 1 aromatic rings. The molecule has 28 heavy (non-hydrogen) atoms. The van der Waals surface area contributed by atoms with Crippen LogP contribution >= 0.6 is 0 Å². The number of hydrogen-bond donors (Lipinski definition) is 0. The highest BCUT2D eigenvalue weighted by Gasteiger charge is 2.45. The van der Waals surface area contributed by atoms with Crippen molar-refractivity contribution in [3.8, 4) is 0 Å². The zero-order valence-electron chi connectivity index (χ0n) is 17.5. The molecule has 1 aromatic heterocycles. The molecule has 1 unspecified atom stereocenters. The minimum Gasteiger partial charge on any atom is -0.450 e. The van der Waals surface area contributed by atoms with Gasteiger partial charge in [-0.1, -0.05) is 0 Å². The number of hydrogen-bond acceptors (Lipinski definition) is 6. The Morgan fingerprint density at radius 3 is 2.79 bits per heavy atom. The number of anilines is 1. The summed E-state index contributed by atoms with van der Waals surface area (Å²) in [7, 11) is 4.02. The first-order valence-corrected chi connectivity index (χ1v) is 10.7. The number of carbonyl (C=O) groups is 1. The van der Waals surface area contributed by atoms with E-state index in [2.05, 4.69) is 9.88 Å². The molecule has 0 N–H and O–H groups in total. The molecule has 0 saturated carbocycles. The second-order valence-corrected chi connectivity index (χ2v) is 8.71. The lowest BCUT2D eigenvalue weighted by Crippen LogP contribution is -2.53. The SMILES string of the molecule is CCOC(=O)N1CCC(N2CCCC3(CCc4cnc(N(C)C)nc43)C2)CC1. The summed E-state index contributed by atoms with van der Waals surface area (Å²) in [6, 6.07) is 0.557. The van der Waals surface area contributed by atoms with Crippen LogP contribution in [-0.4, -0.2) is 78.8 Å². The van der Waals surface area contributed by atoms with Crippen molar-refractivity contribution < 1.29 is 9.53 Å². The molecule has 3 heterocycles. The third-order valence-electron chi connectivity index (χ3n) is 6.74. The minimum atomic E-state index is -0.159. The Morgan fingerprint density at radius 2 is 2.07 bits per heavy atom. The minimum absolute atomic E-state index is 0.159. The Morgan fingerprint density at radius 1 is 1.29 bits per heavy atom. The Kier molecular flexibility index (Phi) is 5.45. The van der Waals surface area contributed by atoms with Crippen molar-refractivity contribution in [2.75, 3.05) is 51.8 Å². The van der Waals surface area contributed by atoms with Gasteiger partial charge in [-0.2, -0.15) is 0 Å². The van der Waals surface area contributed by atoms with Gasteiger partial charge >= 0.3 is 6.09 Å². The van der Waals surface area contributed by atoms with Crippen molar-refractivity contribution >= 4 is 12.0 Å². The maximum Gasteiger partial charge on any atom is 0.409 e. The first kappa shape index (κ1) is 19.4. The summed E-state index contributed by atoms with van der Waals surface area (Å²) in [6.07, 6.45) is 8.69. The number of fused-ring (bicyclic) bond motifs is 2. The molecule has 1 amide bonds. The van der Waals surface area contributed by atoms with Crippen LogP contribution in [0.1, 0.15) is 50.3 Å². The summed E-state index contributed by atoms with van der Waals surface area (Å²) in [5.74, 6) is 0.819. The number of piperidine rings is 2. The van der Waals surface area contributed by atoms with Crippen LogP contribution in [0.15, 0.2) is 6.20 Å². The number of ether oxygens (including phenoxy) is 1. The molecule has 2 aliphatic heterocycles. The molecule has 7 heteroatoms. The van der Waals surface area contributed by atoms with Crippen molar-refractivity contribution in [1.29, 1.82) is 0 Å². The smallest absolute Gasteiger partial charge is 0.409 e. The van der Waals surface area contributed by atoms with Gasteiger partial charge in [-0.3, -0.25) is 4.90 Å². The average molecular weight is 388 g/mol. The number of likely N-dealkylation sites (tertiary alicyclic amines) is 2. The van der Waals surface area contributed by atoms with E-state index in [1.807, 2.05) is 37.0 Å². The summed E-state index contributed by atoms with van der Waals surface area (Å²) >= 11 is 0. The monoisotopic (exact) mass is 387 g/mol. The molecule has 2 fully saturated rings. The van der Waals surface area contributed by atoms with Crippen LogP contribution in [0.25, 0.3) is 0 Å². The van der Waals surface area contributed by atoms with Gasteiger partial charge in [0.2, 0.25) is 5.95 Å². The van der Waals surface area contributed by atoms with Crippen molar-refractivity contribution in [1.82, 2.24) is 19.8 Å². The molecular formula is C21H33N5O2. The van der Waals surface area contributed by atoms with Crippen LogP contribution in [0.3, 0.4) is 0 Å². The van der Waals surface area contributed by atoms with Crippen LogP contribution in [0, 0.1) is 0 Å². The Bertz CT molecular complexity index is 713. The number of amides is 1. The highest BCUT2D eigenvalue weighted by atomic mass is 16.6. The number of carbonyl (C=O) groups excluding carboxylic acids is 1. The molecule has 3 aliphatic rings. The fourth-order valence-electron chi connectivity index (χ4n) is 5.25. The summed E-state index contributed by atoms with van der Waals surface area (Å²) in [5, 5.41) is 0. The van der Waals surface area contributed by atoms with Gasteiger partial charge in [0, 0.05) is 51.4 Å². The number of rotatable bonds is 3. The third kappa shape index (κ3) is 3.56. The average Bonchev–Trinajstić information content (AvgIpc) is 3.05. The van der Waals surface area contributed by atoms with E-state index in [0.717, 1.165) is 51.4 Å². The second-order valence-electron chi connectivity index (χ2n) is 8.71. The van der Waals surface area contributed by atoms with Gasteiger partial charge in [-0.25, -0.2) is 14.8 Å². The van der Waals surface area contributed by atoms with E-state index in [0.29, 0.717) is 12.6 Å². The quantitative estimate of drug-likeness (QED) is 0.794. The summed E-state index contributed by atoms with van der Waals surface area (Å²) in [6.45, 7) is 6.17. The Balaban J connectivity index is 1.45. The van der Waals surface area contributed by atoms with Crippen LogP contribution in [0.4, 0.5) is 10.7 Å². The first-order valence-electron chi connectivity index (χ1n) is 10.7. The van der Waals surface area contributed by atoms with E-state index in [4.69, 9.17) is 9.72 Å². The van der Waals surface area contributed by atoms with Gasteiger partial charge < -0.3 is 14.5 Å². The molecule has 1 spiro atoms. The van der Waals surface area contributed by atoms with E-state index >= 15 is 0 Å². The van der Waals surface area contributed by atoms with Gasteiger partial charge in [-0.05, 0) is 57.6 Å². The first-order chi connectivity index (χ1) is 13.5. The van der Waals surface area contributed by atoms with Gasteiger partial charge in [0.15, 0.2) is 0 Å².